The van der Waals surface area contributed by atoms with E-state index >= 15 is 0 Å². The average Bonchev–Trinajstić information content (AvgIpc) is 2.83. The number of benzene rings is 1. The molecule has 0 aromatic heterocycles. The summed E-state index contributed by atoms with van der Waals surface area (Å²) in [5.74, 6) is 0.244. The molecule has 1 aromatic rings. The van der Waals surface area contributed by atoms with Crippen molar-refractivity contribution >= 4 is 29.1 Å². The van der Waals surface area contributed by atoms with Crippen LogP contribution < -0.4 is 15.0 Å². The highest BCUT2D eigenvalue weighted by Crippen LogP contribution is 2.27. The minimum Gasteiger partial charge on any atom is -0.495 e. The minimum atomic E-state index is -0.276. The molecule has 0 aliphatic carbocycles. The maximum atomic E-state index is 12.4. The molecule has 1 aromatic carbocycles. The SMILES string of the molecule is COc1ccc(Cl)cc1NC(=O)CN(C)C(=O)C[NH+]1CCCCCC1. The molecular weight excluding hydrogens is 342 g/mol. The van der Waals surface area contributed by atoms with Crippen LogP contribution in [0.1, 0.15) is 25.7 Å². The molecule has 1 aliphatic heterocycles. The Kier molecular flexibility index (Phi) is 7.52. The fraction of sp³-hybridized carbons (Fsp3) is 0.556. The van der Waals surface area contributed by atoms with Gasteiger partial charge in [0.25, 0.3) is 5.91 Å². The average molecular weight is 369 g/mol. The lowest BCUT2D eigenvalue weighted by Crippen LogP contribution is -3.13. The Morgan fingerprint density at radius 3 is 2.56 bits per heavy atom. The number of rotatable bonds is 6. The van der Waals surface area contributed by atoms with Crippen LogP contribution in [0.15, 0.2) is 18.2 Å². The molecule has 1 saturated heterocycles. The predicted octanol–water partition coefficient (Wildman–Crippen LogP) is 1.20. The van der Waals surface area contributed by atoms with Gasteiger partial charge in [-0.2, -0.15) is 0 Å². The molecule has 0 radical (unpaired) electrons. The van der Waals surface area contributed by atoms with Gasteiger partial charge in [-0.1, -0.05) is 11.6 Å². The Morgan fingerprint density at radius 1 is 1.24 bits per heavy atom. The van der Waals surface area contributed by atoms with E-state index in [1.165, 1.54) is 42.6 Å². The number of amides is 2. The number of carbonyl (C=O) groups is 2. The van der Waals surface area contributed by atoms with Crippen LogP contribution in [-0.2, 0) is 9.59 Å². The van der Waals surface area contributed by atoms with Crippen LogP contribution >= 0.6 is 11.6 Å². The van der Waals surface area contributed by atoms with E-state index in [1.807, 2.05) is 0 Å². The summed E-state index contributed by atoms with van der Waals surface area (Å²) >= 11 is 5.96. The van der Waals surface area contributed by atoms with Crippen molar-refractivity contribution < 1.29 is 19.2 Å². The number of likely N-dealkylation sites (tertiary alicyclic amines) is 1. The third kappa shape index (κ3) is 6.21. The van der Waals surface area contributed by atoms with Crippen molar-refractivity contribution in [1.29, 1.82) is 0 Å². The molecule has 2 N–H and O–H groups in total. The fourth-order valence-corrected chi connectivity index (χ4v) is 3.20. The number of nitrogens with one attached hydrogen (secondary N) is 2. The summed E-state index contributed by atoms with van der Waals surface area (Å²) in [7, 11) is 3.19. The van der Waals surface area contributed by atoms with Gasteiger partial charge in [-0.05, 0) is 43.9 Å². The maximum Gasteiger partial charge on any atom is 0.277 e. The van der Waals surface area contributed by atoms with Crippen molar-refractivity contribution in [1.82, 2.24) is 4.90 Å². The van der Waals surface area contributed by atoms with Crippen LogP contribution in [0.2, 0.25) is 5.02 Å². The summed E-state index contributed by atoms with van der Waals surface area (Å²) in [6.45, 7) is 2.52. The molecule has 6 nitrogen and oxygen atoms in total. The van der Waals surface area contributed by atoms with Gasteiger partial charge in [0.05, 0.1) is 32.4 Å². The van der Waals surface area contributed by atoms with Gasteiger partial charge in [0, 0.05) is 12.1 Å². The van der Waals surface area contributed by atoms with E-state index in [4.69, 9.17) is 16.3 Å². The number of carbonyl (C=O) groups excluding carboxylic acids is 2. The largest absolute Gasteiger partial charge is 0.495 e. The highest BCUT2D eigenvalue weighted by atomic mass is 35.5. The Balaban J connectivity index is 1.86. The van der Waals surface area contributed by atoms with Gasteiger partial charge < -0.3 is 19.9 Å². The van der Waals surface area contributed by atoms with E-state index in [9.17, 15) is 9.59 Å². The van der Waals surface area contributed by atoms with Crippen LogP contribution in [0.25, 0.3) is 0 Å². The van der Waals surface area contributed by atoms with Crippen molar-refractivity contribution in [3.05, 3.63) is 23.2 Å². The number of hydrogen-bond donors (Lipinski definition) is 2. The zero-order valence-corrected chi connectivity index (χ0v) is 15.7. The lowest BCUT2D eigenvalue weighted by atomic mass is 10.2. The van der Waals surface area contributed by atoms with Crippen LogP contribution in [0.3, 0.4) is 0 Å². The first-order chi connectivity index (χ1) is 12.0. The van der Waals surface area contributed by atoms with Crippen molar-refractivity contribution in [2.24, 2.45) is 0 Å². The first-order valence-electron chi connectivity index (χ1n) is 8.70. The Labute approximate surface area is 154 Å². The summed E-state index contributed by atoms with van der Waals surface area (Å²) in [4.78, 5) is 27.4. The number of ether oxygens (including phenoxy) is 1. The van der Waals surface area contributed by atoms with E-state index in [1.54, 1.807) is 25.2 Å². The Bertz CT molecular complexity index is 601. The van der Waals surface area contributed by atoms with Gasteiger partial charge in [-0.3, -0.25) is 9.59 Å². The number of methoxy groups -OCH3 is 1. The number of quaternary nitrogens is 1. The van der Waals surface area contributed by atoms with Crippen molar-refractivity contribution in [2.45, 2.75) is 25.7 Å². The van der Waals surface area contributed by atoms with Gasteiger partial charge >= 0.3 is 0 Å². The van der Waals surface area contributed by atoms with Crippen LogP contribution in [0.4, 0.5) is 5.69 Å². The lowest BCUT2D eigenvalue weighted by Gasteiger charge is -2.21. The molecule has 0 saturated carbocycles. The molecule has 0 unspecified atom stereocenters. The Morgan fingerprint density at radius 2 is 1.92 bits per heavy atom. The van der Waals surface area contributed by atoms with Crippen LogP contribution in [0, 0.1) is 0 Å². The molecule has 0 spiro atoms. The second-order valence-electron chi connectivity index (χ2n) is 6.48. The molecule has 138 valence electrons. The predicted molar refractivity (Wildman–Crippen MR) is 98.3 cm³/mol. The third-order valence-corrected chi connectivity index (χ3v) is 4.69. The number of halogens is 1. The van der Waals surface area contributed by atoms with Gasteiger partial charge in [-0.25, -0.2) is 0 Å². The third-order valence-electron chi connectivity index (χ3n) is 4.45. The highest BCUT2D eigenvalue weighted by Gasteiger charge is 2.21. The summed E-state index contributed by atoms with van der Waals surface area (Å²) in [5.41, 5.74) is 0.499. The molecule has 0 bridgehead atoms. The standard InChI is InChI=1S/C18H26ClN3O3/c1-21(18(24)13-22-9-5-3-4-6-10-22)12-17(23)20-15-11-14(19)7-8-16(15)25-2/h7-8,11H,3-6,9-10,12-13H2,1-2H3,(H,20,23)/p+1. The normalized spacial score (nSPS) is 15.3. The minimum absolute atomic E-state index is 0.00177. The van der Waals surface area contributed by atoms with Crippen LogP contribution in [0.5, 0.6) is 5.75 Å². The van der Waals surface area contributed by atoms with Gasteiger partial charge in [-0.15, -0.1) is 0 Å². The number of hydrogen-bond acceptors (Lipinski definition) is 3. The first-order valence-corrected chi connectivity index (χ1v) is 9.08. The maximum absolute atomic E-state index is 12.4. The summed E-state index contributed by atoms with van der Waals surface area (Å²) < 4.78 is 5.21. The molecular formula is C18H27ClN3O3+. The first kappa shape index (κ1) is 19.5. The number of anilines is 1. The van der Waals surface area contributed by atoms with E-state index in [2.05, 4.69) is 5.32 Å². The Hall–Kier alpha value is -1.79. The summed E-state index contributed by atoms with van der Waals surface area (Å²) in [5, 5.41) is 3.26. The molecule has 7 heteroatoms. The topological polar surface area (TPSA) is 63.1 Å². The monoisotopic (exact) mass is 368 g/mol. The number of nitrogens with zero attached hydrogens (tertiary/aromatic N) is 1. The smallest absolute Gasteiger partial charge is 0.277 e. The van der Waals surface area contributed by atoms with Gasteiger partial charge in [0.2, 0.25) is 5.91 Å². The van der Waals surface area contributed by atoms with Gasteiger partial charge in [0.1, 0.15) is 5.75 Å². The molecule has 1 heterocycles. The second kappa shape index (κ2) is 9.63. The molecule has 0 atom stereocenters. The highest BCUT2D eigenvalue weighted by molar-refractivity contribution is 6.31. The molecule has 25 heavy (non-hydrogen) atoms. The molecule has 2 rings (SSSR count). The molecule has 1 aliphatic rings. The van der Waals surface area contributed by atoms with E-state index in [-0.39, 0.29) is 18.4 Å². The summed E-state index contributed by atoms with van der Waals surface area (Å²) in [6.07, 6.45) is 4.83. The van der Waals surface area contributed by atoms with Gasteiger partial charge in [0.15, 0.2) is 6.54 Å². The molecule has 1 fully saturated rings. The quantitative estimate of drug-likeness (QED) is 0.793. The summed E-state index contributed by atoms with van der Waals surface area (Å²) in [6, 6.07) is 5.01. The zero-order chi connectivity index (χ0) is 18.2. The van der Waals surface area contributed by atoms with Crippen molar-refractivity contribution in [3.8, 4) is 5.75 Å². The number of likely N-dealkylation sites (N-methyl/N-ethyl adjacent to an activating group) is 1. The van der Waals surface area contributed by atoms with E-state index in [0.29, 0.717) is 23.0 Å². The fourth-order valence-electron chi connectivity index (χ4n) is 3.03. The lowest BCUT2D eigenvalue weighted by molar-refractivity contribution is -0.891. The van der Waals surface area contributed by atoms with Crippen molar-refractivity contribution in [3.63, 3.8) is 0 Å². The molecule has 2 amide bonds. The van der Waals surface area contributed by atoms with E-state index in [0.717, 1.165) is 13.1 Å². The van der Waals surface area contributed by atoms with E-state index < -0.39 is 0 Å². The zero-order valence-electron chi connectivity index (χ0n) is 14.9. The second-order valence-corrected chi connectivity index (χ2v) is 6.92. The van der Waals surface area contributed by atoms with Crippen LogP contribution in [-0.4, -0.2) is 57.1 Å². The van der Waals surface area contributed by atoms with Crippen molar-refractivity contribution in [2.75, 3.05) is 45.7 Å².